The fourth-order valence-corrected chi connectivity index (χ4v) is 1.41. The van der Waals surface area contributed by atoms with Gasteiger partial charge < -0.3 is 10.4 Å². The van der Waals surface area contributed by atoms with Crippen LogP contribution in [0.1, 0.15) is 5.56 Å². The van der Waals surface area contributed by atoms with Gasteiger partial charge in [-0.1, -0.05) is 28.8 Å². The second-order valence-corrected chi connectivity index (χ2v) is 3.85. The number of nitrogens with one attached hydrogen (secondary N) is 1. The molecule has 0 spiro atoms. The molecule has 0 saturated heterocycles. The molecule has 6 nitrogen and oxygen atoms in total. The molecule has 2 aromatic rings. The van der Waals surface area contributed by atoms with Crippen LogP contribution in [0.5, 0.6) is 0 Å². The Morgan fingerprint density at radius 1 is 1.29 bits per heavy atom. The molecule has 0 aliphatic rings. The molecule has 1 aromatic carbocycles. The van der Waals surface area contributed by atoms with E-state index in [0.29, 0.717) is 24.1 Å². The molecule has 90 valence electrons. The first kappa shape index (κ1) is 11.8. The molecule has 1 aromatic heterocycles. The molecule has 2 N–H and O–H groups in total. The molecule has 7 heteroatoms. The Morgan fingerprint density at radius 3 is 2.76 bits per heavy atom. The second kappa shape index (κ2) is 5.60. The Balaban J connectivity index is 1.90. The first-order valence-corrected chi connectivity index (χ1v) is 5.53. The topological polar surface area (TPSA) is 75.9 Å². The number of benzene rings is 1. The number of halogens is 1. The van der Waals surface area contributed by atoms with E-state index in [1.807, 2.05) is 24.3 Å². The van der Waals surface area contributed by atoms with E-state index in [2.05, 4.69) is 20.7 Å². The average molecular weight is 254 g/mol. The zero-order chi connectivity index (χ0) is 12.1. The zero-order valence-electron chi connectivity index (χ0n) is 9.04. The minimum Gasteiger partial charge on any atom is -0.394 e. The highest BCUT2D eigenvalue weighted by atomic mass is 35.5. The fourth-order valence-electron chi connectivity index (χ4n) is 1.28. The maximum absolute atomic E-state index is 8.70. The highest BCUT2D eigenvalue weighted by molar-refractivity contribution is 6.30. The van der Waals surface area contributed by atoms with Gasteiger partial charge in [-0.2, -0.15) is 4.80 Å². The summed E-state index contributed by atoms with van der Waals surface area (Å²) in [5.41, 5.74) is 1.08. The van der Waals surface area contributed by atoms with Crippen molar-refractivity contribution in [2.75, 3.05) is 11.9 Å². The van der Waals surface area contributed by atoms with Crippen LogP contribution in [0, 0.1) is 0 Å². The quantitative estimate of drug-likeness (QED) is 0.829. The molecule has 0 bridgehead atoms. The summed E-state index contributed by atoms with van der Waals surface area (Å²) in [4.78, 5) is 1.34. The first-order valence-electron chi connectivity index (χ1n) is 5.15. The molecule has 2 rings (SSSR count). The molecule has 0 saturated carbocycles. The maximum atomic E-state index is 8.70. The highest BCUT2D eigenvalue weighted by Crippen LogP contribution is 2.10. The number of rotatable bonds is 5. The van der Waals surface area contributed by atoms with E-state index in [9.17, 15) is 0 Å². The van der Waals surface area contributed by atoms with Crippen LogP contribution in [-0.2, 0) is 13.1 Å². The number of hydrogen-bond acceptors (Lipinski definition) is 5. The molecular formula is C10H12ClN5O. The van der Waals surface area contributed by atoms with Gasteiger partial charge in [0.05, 0.1) is 13.2 Å². The number of aliphatic hydroxyl groups is 1. The predicted octanol–water partition coefficient (Wildman–Crippen LogP) is 0.931. The number of aromatic nitrogens is 4. The lowest BCUT2D eigenvalue weighted by Gasteiger charge is -2.01. The zero-order valence-corrected chi connectivity index (χ0v) is 9.80. The molecule has 0 amide bonds. The van der Waals surface area contributed by atoms with Crippen molar-refractivity contribution >= 4 is 17.5 Å². The van der Waals surface area contributed by atoms with Gasteiger partial charge in [-0.15, -0.1) is 5.10 Å². The van der Waals surface area contributed by atoms with Crippen molar-refractivity contribution < 1.29 is 5.11 Å². The molecule has 1 heterocycles. The van der Waals surface area contributed by atoms with E-state index >= 15 is 0 Å². The van der Waals surface area contributed by atoms with Crippen molar-refractivity contribution in [1.29, 1.82) is 0 Å². The van der Waals surface area contributed by atoms with Crippen LogP contribution in [0.3, 0.4) is 0 Å². The molecule has 0 unspecified atom stereocenters. The highest BCUT2D eigenvalue weighted by Gasteiger charge is 2.01. The lowest BCUT2D eigenvalue weighted by Crippen LogP contribution is -2.06. The maximum Gasteiger partial charge on any atom is 0.263 e. The Morgan fingerprint density at radius 2 is 2.06 bits per heavy atom. The van der Waals surface area contributed by atoms with Crippen LogP contribution >= 0.6 is 11.6 Å². The number of nitrogens with zero attached hydrogens (tertiary/aromatic N) is 4. The summed E-state index contributed by atoms with van der Waals surface area (Å²) in [6.45, 7) is 0.935. The molecule has 17 heavy (non-hydrogen) atoms. The minimum atomic E-state index is -0.00696. The number of hydrogen-bond donors (Lipinski definition) is 2. The van der Waals surface area contributed by atoms with Gasteiger partial charge >= 0.3 is 0 Å². The summed E-state index contributed by atoms with van der Waals surface area (Å²) in [6, 6.07) is 7.50. The largest absolute Gasteiger partial charge is 0.394 e. The predicted molar refractivity (Wildman–Crippen MR) is 63.7 cm³/mol. The molecule has 0 fully saturated rings. The van der Waals surface area contributed by atoms with Crippen LogP contribution < -0.4 is 5.32 Å². The SMILES string of the molecule is OCCn1nnc(NCc2ccc(Cl)cc2)n1. The van der Waals surface area contributed by atoms with E-state index in [1.165, 1.54) is 4.80 Å². The van der Waals surface area contributed by atoms with Crippen molar-refractivity contribution in [3.05, 3.63) is 34.9 Å². The van der Waals surface area contributed by atoms with E-state index in [4.69, 9.17) is 16.7 Å². The van der Waals surface area contributed by atoms with Crippen LogP contribution in [0.15, 0.2) is 24.3 Å². The van der Waals surface area contributed by atoms with Crippen molar-refractivity contribution in [2.45, 2.75) is 13.1 Å². The van der Waals surface area contributed by atoms with Gasteiger partial charge in [0.1, 0.15) is 0 Å². The molecule has 0 aliphatic carbocycles. The lowest BCUT2D eigenvalue weighted by molar-refractivity contribution is 0.259. The van der Waals surface area contributed by atoms with Gasteiger partial charge in [-0.3, -0.25) is 0 Å². The third kappa shape index (κ3) is 3.40. The Labute approximate surface area is 103 Å². The van der Waals surface area contributed by atoms with Gasteiger partial charge in [0.2, 0.25) is 0 Å². The normalized spacial score (nSPS) is 10.5. The van der Waals surface area contributed by atoms with Crippen molar-refractivity contribution in [2.24, 2.45) is 0 Å². The van der Waals surface area contributed by atoms with E-state index in [0.717, 1.165) is 5.56 Å². The third-order valence-electron chi connectivity index (χ3n) is 2.12. The summed E-state index contributed by atoms with van der Waals surface area (Å²) in [5, 5.41) is 24.0. The van der Waals surface area contributed by atoms with Crippen molar-refractivity contribution in [1.82, 2.24) is 20.2 Å². The van der Waals surface area contributed by atoms with Crippen LogP contribution in [0.25, 0.3) is 0 Å². The third-order valence-corrected chi connectivity index (χ3v) is 2.37. The van der Waals surface area contributed by atoms with Gasteiger partial charge in [0.15, 0.2) is 0 Å². The Bertz CT molecular complexity index is 470. The number of tetrazole rings is 1. The van der Waals surface area contributed by atoms with E-state index in [1.54, 1.807) is 0 Å². The molecular weight excluding hydrogens is 242 g/mol. The minimum absolute atomic E-state index is 0.00696. The Hall–Kier alpha value is -1.66. The average Bonchev–Trinajstić information content (AvgIpc) is 2.77. The summed E-state index contributed by atoms with van der Waals surface area (Å²) in [5.74, 6) is 0.438. The lowest BCUT2D eigenvalue weighted by atomic mass is 10.2. The fraction of sp³-hybridized carbons (Fsp3) is 0.300. The first-order chi connectivity index (χ1) is 8.28. The second-order valence-electron chi connectivity index (χ2n) is 3.41. The van der Waals surface area contributed by atoms with Crippen molar-refractivity contribution in [3.63, 3.8) is 0 Å². The van der Waals surface area contributed by atoms with Crippen LogP contribution in [0.4, 0.5) is 5.95 Å². The Kier molecular flexibility index (Phi) is 3.89. The van der Waals surface area contributed by atoms with Gasteiger partial charge in [-0.25, -0.2) is 0 Å². The molecule has 0 atom stereocenters. The summed E-state index contributed by atoms with van der Waals surface area (Å²) in [6.07, 6.45) is 0. The summed E-state index contributed by atoms with van der Waals surface area (Å²) in [7, 11) is 0. The molecule has 0 aliphatic heterocycles. The van der Waals surface area contributed by atoms with Gasteiger partial charge in [0.25, 0.3) is 5.95 Å². The van der Waals surface area contributed by atoms with Crippen LogP contribution in [-0.4, -0.2) is 31.9 Å². The number of aliphatic hydroxyl groups excluding tert-OH is 1. The summed E-state index contributed by atoms with van der Waals surface area (Å²) < 4.78 is 0. The van der Waals surface area contributed by atoms with E-state index in [-0.39, 0.29) is 6.61 Å². The standard InChI is InChI=1S/C10H12ClN5O/c11-9-3-1-8(2-4-9)7-12-10-13-15-16(14-10)5-6-17/h1-4,17H,5-7H2,(H,12,14). The molecule has 0 radical (unpaired) electrons. The van der Waals surface area contributed by atoms with Crippen LogP contribution in [0.2, 0.25) is 5.02 Å². The smallest absolute Gasteiger partial charge is 0.263 e. The number of anilines is 1. The van der Waals surface area contributed by atoms with Crippen molar-refractivity contribution in [3.8, 4) is 0 Å². The van der Waals surface area contributed by atoms with Gasteiger partial charge in [-0.05, 0) is 22.9 Å². The monoisotopic (exact) mass is 253 g/mol. The van der Waals surface area contributed by atoms with E-state index < -0.39 is 0 Å². The van der Waals surface area contributed by atoms with Gasteiger partial charge in [0, 0.05) is 11.6 Å². The summed E-state index contributed by atoms with van der Waals surface area (Å²) >= 11 is 5.78.